The van der Waals surface area contributed by atoms with Gasteiger partial charge in [0.15, 0.2) is 0 Å². The van der Waals surface area contributed by atoms with Gasteiger partial charge in [-0.25, -0.2) is 0 Å². The highest BCUT2D eigenvalue weighted by Gasteiger charge is 2.39. The Morgan fingerprint density at radius 1 is 1.04 bits per heavy atom. The van der Waals surface area contributed by atoms with Crippen LogP contribution in [0.5, 0.6) is 0 Å². The number of carbonyl (C=O) groups is 1. The Morgan fingerprint density at radius 2 is 1.72 bits per heavy atom. The zero-order valence-electron chi connectivity index (χ0n) is 14.1. The minimum absolute atomic E-state index is 0.109. The largest absolute Gasteiger partial charge is 0.399 e. The lowest BCUT2D eigenvalue weighted by Gasteiger charge is -2.19. The Labute approximate surface area is 150 Å². The molecule has 1 nitrogen and oxygen atoms in total. The van der Waals surface area contributed by atoms with E-state index in [-0.39, 0.29) is 5.56 Å². The van der Waals surface area contributed by atoms with Gasteiger partial charge in [-0.3, -0.25) is 4.79 Å². The number of alkyl halides is 3. The molecule has 0 aliphatic rings. The molecule has 0 aliphatic carbocycles. The van der Waals surface area contributed by atoms with Crippen molar-refractivity contribution in [3.63, 3.8) is 0 Å². The quantitative estimate of drug-likeness (QED) is 0.569. The average Bonchev–Trinajstić information content (AvgIpc) is 2.51. The van der Waals surface area contributed by atoms with E-state index in [0.717, 1.165) is 29.1 Å². The van der Waals surface area contributed by atoms with Crippen molar-refractivity contribution < 1.29 is 18.0 Å². The zero-order chi connectivity index (χ0) is 18.8. The lowest BCUT2D eigenvalue weighted by Crippen LogP contribution is -2.19. The summed E-state index contributed by atoms with van der Waals surface area (Å²) in [5.41, 5.74) is 3.44. The smallest absolute Gasteiger partial charge is 0.298 e. The molecule has 0 amide bonds. The van der Waals surface area contributed by atoms with E-state index in [9.17, 15) is 18.0 Å². The highest BCUT2D eigenvalue weighted by molar-refractivity contribution is 6.31. The first-order valence-electron chi connectivity index (χ1n) is 7.71. The molecule has 2 aromatic carbocycles. The minimum atomic E-state index is -4.43. The summed E-state index contributed by atoms with van der Waals surface area (Å²) >= 11 is 6.06. The maximum absolute atomic E-state index is 13.5. The second kappa shape index (κ2) is 7.44. The first-order valence-corrected chi connectivity index (χ1v) is 8.08. The molecule has 0 heterocycles. The van der Waals surface area contributed by atoms with Gasteiger partial charge in [-0.1, -0.05) is 48.0 Å². The molecule has 0 radical (unpaired) electrons. The Kier molecular flexibility index (Phi) is 5.73. The molecule has 25 heavy (non-hydrogen) atoms. The van der Waals surface area contributed by atoms with E-state index < -0.39 is 12.1 Å². The summed E-state index contributed by atoms with van der Waals surface area (Å²) in [6.45, 7) is 5.26. The van der Waals surface area contributed by atoms with Crippen LogP contribution in [0.15, 0.2) is 36.4 Å². The highest BCUT2D eigenvalue weighted by Crippen LogP contribution is 2.38. The van der Waals surface area contributed by atoms with Gasteiger partial charge in [0.05, 0.1) is 5.92 Å². The van der Waals surface area contributed by atoms with Crippen LogP contribution < -0.4 is 0 Å². The lowest BCUT2D eigenvalue weighted by molar-refractivity contribution is -0.139. The Bertz CT molecular complexity index is 799. The van der Waals surface area contributed by atoms with Gasteiger partial charge in [0, 0.05) is 10.6 Å². The molecule has 1 atom stereocenters. The molecular formula is C20H18ClF3O. The van der Waals surface area contributed by atoms with Crippen molar-refractivity contribution in [3.8, 4) is 0 Å². The van der Waals surface area contributed by atoms with E-state index >= 15 is 0 Å². The summed E-state index contributed by atoms with van der Waals surface area (Å²) < 4.78 is 40.6. The molecule has 1 unspecified atom stereocenters. The lowest BCUT2D eigenvalue weighted by atomic mass is 9.93. The fourth-order valence-electron chi connectivity index (χ4n) is 2.57. The third-order valence-electron chi connectivity index (χ3n) is 4.24. The number of rotatable bonds is 4. The fraction of sp³-hybridized carbons (Fsp3) is 0.250. The van der Waals surface area contributed by atoms with Gasteiger partial charge in [-0.2, -0.15) is 13.2 Å². The number of aldehydes is 1. The summed E-state index contributed by atoms with van der Waals surface area (Å²) in [6, 6.07) is 7.78. The maximum Gasteiger partial charge on any atom is 0.399 e. The van der Waals surface area contributed by atoms with E-state index in [1.165, 1.54) is 18.2 Å². The van der Waals surface area contributed by atoms with Gasteiger partial charge >= 0.3 is 6.18 Å². The van der Waals surface area contributed by atoms with E-state index in [1.54, 1.807) is 39.0 Å². The van der Waals surface area contributed by atoms with Crippen LogP contribution in [-0.2, 0) is 0 Å². The van der Waals surface area contributed by atoms with Crippen molar-refractivity contribution in [1.82, 2.24) is 0 Å². The van der Waals surface area contributed by atoms with Crippen LogP contribution in [0.4, 0.5) is 13.2 Å². The van der Waals surface area contributed by atoms with Crippen LogP contribution in [0.3, 0.4) is 0 Å². The molecule has 5 heteroatoms. The average molecular weight is 367 g/mol. The third-order valence-corrected chi connectivity index (χ3v) is 4.63. The van der Waals surface area contributed by atoms with Crippen LogP contribution in [0.25, 0.3) is 6.08 Å². The van der Waals surface area contributed by atoms with Crippen molar-refractivity contribution in [1.29, 1.82) is 0 Å². The fourth-order valence-corrected chi connectivity index (χ4v) is 2.85. The van der Waals surface area contributed by atoms with Crippen LogP contribution in [0.2, 0.25) is 5.02 Å². The van der Waals surface area contributed by atoms with Gasteiger partial charge in [0.1, 0.15) is 6.29 Å². The Hall–Kier alpha value is -2.07. The number of halogens is 4. The van der Waals surface area contributed by atoms with E-state index in [1.807, 2.05) is 0 Å². The van der Waals surface area contributed by atoms with Crippen LogP contribution in [0, 0.1) is 20.8 Å². The maximum atomic E-state index is 13.5. The number of allylic oxidation sites excluding steroid dienone is 1. The molecular weight excluding hydrogens is 349 g/mol. The van der Waals surface area contributed by atoms with Crippen molar-refractivity contribution in [2.45, 2.75) is 32.9 Å². The van der Waals surface area contributed by atoms with Gasteiger partial charge in [-0.15, -0.1) is 0 Å². The van der Waals surface area contributed by atoms with E-state index in [4.69, 9.17) is 11.6 Å². The van der Waals surface area contributed by atoms with Crippen LogP contribution >= 0.6 is 11.6 Å². The molecule has 0 bridgehead atoms. The predicted molar refractivity (Wildman–Crippen MR) is 95.3 cm³/mol. The monoisotopic (exact) mass is 366 g/mol. The van der Waals surface area contributed by atoms with Crippen molar-refractivity contribution in [2.75, 3.05) is 0 Å². The highest BCUT2D eigenvalue weighted by atomic mass is 35.5. The Balaban J connectivity index is 2.43. The number of carbonyl (C=O) groups excluding carboxylic acids is 1. The summed E-state index contributed by atoms with van der Waals surface area (Å²) in [7, 11) is 0. The third kappa shape index (κ3) is 4.51. The number of aryl methyl sites for hydroxylation is 2. The summed E-state index contributed by atoms with van der Waals surface area (Å²) in [4.78, 5) is 10.8. The van der Waals surface area contributed by atoms with Crippen molar-refractivity contribution >= 4 is 24.0 Å². The number of hydrogen-bond acceptors (Lipinski definition) is 1. The molecule has 2 rings (SSSR count). The molecule has 0 aliphatic heterocycles. The normalized spacial score (nSPS) is 13.2. The topological polar surface area (TPSA) is 17.1 Å². The summed E-state index contributed by atoms with van der Waals surface area (Å²) in [5, 5.41) is 0.323. The van der Waals surface area contributed by atoms with Crippen LogP contribution in [-0.4, -0.2) is 12.5 Å². The summed E-state index contributed by atoms with van der Waals surface area (Å²) in [5.74, 6) is -1.75. The van der Waals surface area contributed by atoms with Crippen molar-refractivity contribution in [2.24, 2.45) is 0 Å². The van der Waals surface area contributed by atoms with Gasteiger partial charge < -0.3 is 0 Å². The Morgan fingerprint density at radius 3 is 2.24 bits per heavy atom. The molecule has 0 fully saturated rings. The van der Waals surface area contributed by atoms with Crippen molar-refractivity contribution in [3.05, 3.63) is 74.8 Å². The second-order valence-electron chi connectivity index (χ2n) is 6.06. The molecule has 0 aromatic heterocycles. The molecule has 0 spiro atoms. The number of benzene rings is 2. The molecule has 0 N–H and O–H groups in total. The second-order valence-corrected chi connectivity index (χ2v) is 6.46. The van der Waals surface area contributed by atoms with E-state index in [0.29, 0.717) is 16.1 Å². The van der Waals surface area contributed by atoms with Gasteiger partial charge in [-0.05, 0) is 54.7 Å². The molecule has 132 valence electrons. The standard InChI is InChI=1S/C20H18ClF3O/c1-12-9-17(10-19(21)14(12)3)18(20(22,23)24)7-5-15-4-6-16(11-25)13(2)8-15/h4-11,18H,1-3H3/b7-5+. The van der Waals surface area contributed by atoms with Crippen LogP contribution in [0.1, 0.15) is 44.1 Å². The summed E-state index contributed by atoms with van der Waals surface area (Å²) in [6.07, 6.45) is -1.17. The van der Waals surface area contributed by atoms with Gasteiger partial charge in [0.2, 0.25) is 0 Å². The molecule has 2 aromatic rings. The zero-order valence-corrected chi connectivity index (χ0v) is 14.9. The number of hydrogen-bond donors (Lipinski definition) is 0. The van der Waals surface area contributed by atoms with Gasteiger partial charge in [0.25, 0.3) is 0 Å². The first kappa shape index (κ1) is 19.3. The predicted octanol–water partition coefficient (Wildman–Crippen LogP) is 6.44. The van der Waals surface area contributed by atoms with E-state index in [2.05, 4.69) is 0 Å². The molecule has 0 saturated heterocycles. The minimum Gasteiger partial charge on any atom is -0.298 e. The first-order chi connectivity index (χ1) is 11.6. The SMILES string of the molecule is Cc1cc(/C=C/C(c2cc(C)c(C)c(Cl)c2)C(F)(F)F)ccc1C=O. The molecule has 0 saturated carbocycles.